The molecule has 1 saturated heterocycles. The zero-order valence-electron chi connectivity index (χ0n) is 19.5. The van der Waals surface area contributed by atoms with Crippen molar-refractivity contribution in [2.75, 3.05) is 22.4 Å². The van der Waals surface area contributed by atoms with Gasteiger partial charge in [0, 0.05) is 11.5 Å². The number of sulfonamides is 1. The van der Waals surface area contributed by atoms with E-state index in [1.165, 1.54) is 6.21 Å². The molecule has 7 nitrogen and oxygen atoms in total. The number of amides is 1. The van der Waals surface area contributed by atoms with Crippen LogP contribution in [0.2, 0.25) is 0 Å². The van der Waals surface area contributed by atoms with E-state index in [1.54, 1.807) is 48.5 Å². The van der Waals surface area contributed by atoms with Crippen molar-refractivity contribution in [3.05, 3.63) is 89.5 Å². The lowest BCUT2D eigenvalue weighted by Crippen LogP contribution is -2.39. The number of carbonyl (C=O) groups is 1. The number of carbonyl (C=O) groups excluding carboxylic acids is 1. The highest BCUT2D eigenvalue weighted by molar-refractivity contribution is 8.00. The lowest BCUT2D eigenvalue weighted by Gasteiger charge is -2.25. The average Bonchev–Trinajstić information content (AvgIpc) is 2.82. The first-order chi connectivity index (χ1) is 16.8. The second kappa shape index (κ2) is 11.0. The molecular weight excluding hydrogens is 482 g/mol. The molecule has 182 valence electrons. The van der Waals surface area contributed by atoms with Crippen molar-refractivity contribution in [1.82, 2.24) is 5.43 Å². The minimum atomic E-state index is -3.96. The van der Waals surface area contributed by atoms with E-state index >= 15 is 0 Å². The highest BCUT2D eigenvalue weighted by Gasteiger charge is 2.27. The molecule has 1 heterocycles. The predicted molar refractivity (Wildman–Crippen MR) is 141 cm³/mol. The van der Waals surface area contributed by atoms with Gasteiger partial charge >= 0.3 is 0 Å². The van der Waals surface area contributed by atoms with Crippen LogP contribution in [0.1, 0.15) is 16.7 Å². The third kappa shape index (κ3) is 6.43. The summed E-state index contributed by atoms with van der Waals surface area (Å²) < 4.78 is 33.7. The van der Waals surface area contributed by atoms with Gasteiger partial charge in [0.15, 0.2) is 0 Å². The van der Waals surface area contributed by atoms with Crippen molar-refractivity contribution in [3.63, 3.8) is 0 Å². The molecule has 0 aromatic heterocycles. The summed E-state index contributed by atoms with van der Waals surface area (Å²) in [5, 5.41) is 4.00. The minimum Gasteiger partial charge on any atom is -0.489 e. The van der Waals surface area contributed by atoms with Crippen molar-refractivity contribution in [1.29, 1.82) is 0 Å². The second-order valence-electron chi connectivity index (χ2n) is 8.30. The summed E-state index contributed by atoms with van der Waals surface area (Å²) in [6.45, 7) is 3.38. The van der Waals surface area contributed by atoms with Crippen molar-refractivity contribution >= 4 is 39.6 Å². The predicted octanol–water partition coefficient (Wildman–Crippen LogP) is 4.14. The molecule has 0 aliphatic carbocycles. The number of nitrogens with zero attached hydrogens (tertiary/aromatic N) is 2. The quantitative estimate of drug-likeness (QED) is 0.346. The zero-order chi connectivity index (χ0) is 24.8. The van der Waals surface area contributed by atoms with Gasteiger partial charge in [-0.15, -0.1) is 0 Å². The van der Waals surface area contributed by atoms with Crippen molar-refractivity contribution in [2.45, 2.75) is 24.8 Å². The molecule has 35 heavy (non-hydrogen) atoms. The van der Waals surface area contributed by atoms with Gasteiger partial charge in [0.25, 0.3) is 15.9 Å². The third-order valence-electron chi connectivity index (χ3n) is 5.41. The van der Waals surface area contributed by atoms with E-state index < -0.39 is 22.5 Å². The first-order valence-electron chi connectivity index (χ1n) is 11.1. The molecule has 0 unspecified atom stereocenters. The Labute approximate surface area is 210 Å². The Morgan fingerprint density at radius 2 is 1.60 bits per heavy atom. The first kappa shape index (κ1) is 24.8. The fraction of sp³-hybridized carbons (Fsp3) is 0.231. The maximum Gasteiger partial charge on any atom is 0.264 e. The van der Waals surface area contributed by atoms with Gasteiger partial charge in [0.1, 0.15) is 18.4 Å². The van der Waals surface area contributed by atoms with Crippen LogP contribution in [-0.2, 0) is 14.8 Å². The largest absolute Gasteiger partial charge is 0.489 e. The molecule has 1 N–H and O–H groups in total. The van der Waals surface area contributed by atoms with E-state index in [0.29, 0.717) is 5.69 Å². The first-order valence-corrected chi connectivity index (χ1v) is 13.7. The lowest BCUT2D eigenvalue weighted by molar-refractivity contribution is -0.119. The molecule has 1 aliphatic rings. The standard InChI is InChI=1S/C26H27N3O4S2/c1-19-3-9-22(10-4-19)29(35(31,32)25-13-5-20(2)6-14-25)16-26(30)28-27-15-21-7-11-23(12-8-21)33-24-17-34-18-24/h3-15,24H,16-18H2,1-2H3,(H,28,30)/b27-15-. The molecule has 1 fully saturated rings. The second-order valence-corrected chi connectivity index (χ2v) is 11.2. The van der Waals surface area contributed by atoms with Gasteiger partial charge in [0.2, 0.25) is 0 Å². The fourth-order valence-electron chi connectivity index (χ4n) is 3.32. The molecule has 3 aromatic rings. The molecule has 4 rings (SSSR count). The number of hydrogen-bond acceptors (Lipinski definition) is 6. The Balaban J connectivity index is 1.45. The monoisotopic (exact) mass is 509 g/mol. The average molecular weight is 510 g/mol. The summed E-state index contributed by atoms with van der Waals surface area (Å²) in [5.74, 6) is 2.26. The number of nitrogens with one attached hydrogen (secondary N) is 1. The van der Waals surface area contributed by atoms with Crippen LogP contribution in [0.4, 0.5) is 5.69 Å². The van der Waals surface area contributed by atoms with Gasteiger partial charge in [-0.25, -0.2) is 13.8 Å². The maximum absolute atomic E-state index is 13.4. The summed E-state index contributed by atoms with van der Waals surface area (Å²) in [4.78, 5) is 12.8. The smallest absolute Gasteiger partial charge is 0.264 e. The Bertz CT molecular complexity index is 1290. The van der Waals surface area contributed by atoms with Crippen LogP contribution in [0.25, 0.3) is 0 Å². The van der Waals surface area contributed by atoms with E-state index in [0.717, 1.165) is 38.3 Å². The van der Waals surface area contributed by atoms with E-state index in [4.69, 9.17) is 4.74 Å². The fourth-order valence-corrected chi connectivity index (χ4v) is 5.30. The van der Waals surface area contributed by atoms with Gasteiger partial charge in [-0.1, -0.05) is 35.4 Å². The molecule has 9 heteroatoms. The Kier molecular flexibility index (Phi) is 7.77. The van der Waals surface area contributed by atoms with Gasteiger partial charge in [-0.2, -0.15) is 16.9 Å². The summed E-state index contributed by atoms with van der Waals surface area (Å²) in [5.41, 5.74) is 5.54. The van der Waals surface area contributed by atoms with Crippen molar-refractivity contribution in [2.24, 2.45) is 5.10 Å². The van der Waals surface area contributed by atoms with Gasteiger partial charge < -0.3 is 4.74 Å². The number of rotatable bonds is 9. The molecule has 1 amide bonds. The third-order valence-corrected chi connectivity index (χ3v) is 8.41. The molecule has 0 saturated carbocycles. The highest BCUT2D eigenvalue weighted by atomic mass is 32.2. The van der Waals surface area contributed by atoms with Crippen molar-refractivity contribution < 1.29 is 17.9 Å². The molecule has 3 aromatic carbocycles. The van der Waals surface area contributed by atoms with Gasteiger partial charge in [-0.05, 0) is 67.9 Å². The van der Waals surface area contributed by atoms with E-state index in [-0.39, 0.29) is 11.0 Å². The Morgan fingerprint density at radius 1 is 1.00 bits per heavy atom. The van der Waals surface area contributed by atoms with Gasteiger partial charge in [-0.3, -0.25) is 9.10 Å². The van der Waals surface area contributed by atoms with E-state index in [2.05, 4.69) is 10.5 Å². The Hall–Kier alpha value is -3.30. The number of ether oxygens (including phenoxy) is 1. The minimum absolute atomic E-state index is 0.114. The van der Waals surface area contributed by atoms with E-state index in [1.807, 2.05) is 49.9 Å². The molecular formula is C26H27N3O4S2. The van der Waals surface area contributed by atoms with Gasteiger partial charge in [0.05, 0.1) is 16.8 Å². The summed E-state index contributed by atoms with van der Waals surface area (Å²) >= 11 is 1.86. The summed E-state index contributed by atoms with van der Waals surface area (Å²) in [6, 6.07) is 20.9. The number of aryl methyl sites for hydroxylation is 2. The lowest BCUT2D eigenvalue weighted by atomic mass is 10.2. The number of anilines is 1. The number of thioether (sulfide) groups is 1. The molecule has 0 spiro atoms. The van der Waals surface area contributed by atoms with Crippen LogP contribution < -0.4 is 14.5 Å². The van der Waals surface area contributed by atoms with E-state index in [9.17, 15) is 13.2 Å². The highest BCUT2D eigenvalue weighted by Crippen LogP contribution is 2.25. The molecule has 0 bridgehead atoms. The van der Waals surface area contributed by atoms with Crippen LogP contribution in [0.15, 0.2) is 82.8 Å². The molecule has 0 radical (unpaired) electrons. The van der Waals surface area contributed by atoms with Crippen LogP contribution in [-0.4, -0.2) is 44.7 Å². The molecule has 1 aliphatic heterocycles. The van der Waals surface area contributed by atoms with Crippen LogP contribution in [0, 0.1) is 13.8 Å². The summed E-state index contributed by atoms with van der Waals surface area (Å²) in [6.07, 6.45) is 1.78. The SMILES string of the molecule is Cc1ccc(N(CC(=O)N/N=C\c2ccc(OC3CSC3)cc2)S(=O)(=O)c2ccc(C)cc2)cc1. The zero-order valence-corrected chi connectivity index (χ0v) is 21.2. The number of benzene rings is 3. The molecule has 0 atom stereocenters. The summed E-state index contributed by atoms with van der Waals surface area (Å²) in [7, 11) is -3.96. The normalized spacial score (nSPS) is 13.9. The number of hydrazone groups is 1. The van der Waals surface area contributed by atoms with Crippen molar-refractivity contribution in [3.8, 4) is 5.75 Å². The Morgan fingerprint density at radius 3 is 2.17 bits per heavy atom. The maximum atomic E-state index is 13.4. The van der Waals surface area contributed by atoms with Crippen LogP contribution >= 0.6 is 11.8 Å². The topological polar surface area (TPSA) is 88.1 Å². The van der Waals surface area contributed by atoms with Crippen LogP contribution in [0.5, 0.6) is 5.75 Å². The van der Waals surface area contributed by atoms with Crippen LogP contribution in [0.3, 0.4) is 0 Å². The number of hydrogen-bond donors (Lipinski definition) is 1.